The van der Waals surface area contributed by atoms with Crippen molar-refractivity contribution in [2.24, 2.45) is 0 Å². The number of nitrogen functional groups attached to an aromatic ring is 1. The molecule has 0 fully saturated rings. The van der Waals surface area contributed by atoms with Crippen molar-refractivity contribution in [3.8, 4) is 10.6 Å². The Morgan fingerprint density at radius 1 is 1.61 bits per heavy atom. The van der Waals surface area contributed by atoms with Gasteiger partial charge in [-0.3, -0.25) is 9.63 Å². The first-order valence-electron chi connectivity index (χ1n) is 5.31. The van der Waals surface area contributed by atoms with E-state index in [2.05, 4.69) is 15.3 Å². The minimum absolute atomic E-state index is 0.151. The van der Waals surface area contributed by atoms with Gasteiger partial charge in [-0.05, 0) is 17.9 Å². The van der Waals surface area contributed by atoms with E-state index in [0.29, 0.717) is 18.0 Å². The normalized spacial score (nSPS) is 10.5. The molecule has 0 saturated carbocycles. The molecule has 0 radical (unpaired) electrons. The second-order valence-corrected chi connectivity index (χ2v) is 5.59. The van der Waals surface area contributed by atoms with E-state index in [9.17, 15) is 4.79 Å². The van der Waals surface area contributed by atoms with Crippen LogP contribution in [0.4, 0.5) is 5.13 Å². The predicted octanol–water partition coefficient (Wildman–Crippen LogP) is 2.06. The van der Waals surface area contributed by atoms with E-state index < -0.39 is 0 Å². The number of carbonyl (C=O) groups is 1. The predicted molar refractivity (Wildman–Crippen MR) is 73.3 cm³/mol. The Hall–Kier alpha value is -1.44. The van der Waals surface area contributed by atoms with Crippen LogP contribution in [0.2, 0.25) is 0 Å². The van der Waals surface area contributed by atoms with Crippen molar-refractivity contribution in [1.29, 1.82) is 0 Å². The number of rotatable bonds is 5. The first-order valence-corrected chi connectivity index (χ1v) is 7.01. The highest BCUT2D eigenvalue weighted by Gasteiger charge is 2.13. The molecule has 0 aliphatic carbocycles. The number of amides is 1. The van der Waals surface area contributed by atoms with Crippen molar-refractivity contribution >= 4 is 33.7 Å². The molecule has 5 nitrogen and oxygen atoms in total. The van der Waals surface area contributed by atoms with Crippen LogP contribution in [-0.4, -0.2) is 18.0 Å². The molecular formula is C11H13N3O2S2. The molecule has 2 aromatic heterocycles. The largest absolute Gasteiger partial charge is 0.375 e. The maximum atomic E-state index is 11.3. The summed E-state index contributed by atoms with van der Waals surface area (Å²) in [6, 6.07) is 3.97. The second-order valence-electron chi connectivity index (χ2n) is 3.53. The lowest BCUT2D eigenvalue weighted by atomic mass is 10.2. The summed E-state index contributed by atoms with van der Waals surface area (Å²) in [6.07, 6.45) is 0.963. The lowest BCUT2D eigenvalue weighted by molar-refractivity contribution is -0.131. The fourth-order valence-electron chi connectivity index (χ4n) is 1.54. The van der Waals surface area contributed by atoms with Crippen molar-refractivity contribution in [2.45, 2.75) is 12.8 Å². The van der Waals surface area contributed by atoms with Crippen molar-refractivity contribution in [3.05, 3.63) is 22.4 Å². The van der Waals surface area contributed by atoms with Gasteiger partial charge in [0.15, 0.2) is 5.13 Å². The zero-order chi connectivity index (χ0) is 13.0. The van der Waals surface area contributed by atoms with Crippen LogP contribution in [-0.2, 0) is 16.1 Å². The van der Waals surface area contributed by atoms with E-state index >= 15 is 0 Å². The Balaban J connectivity index is 2.11. The summed E-state index contributed by atoms with van der Waals surface area (Å²) in [4.78, 5) is 22.3. The highest BCUT2D eigenvalue weighted by molar-refractivity contribution is 7.17. The van der Waals surface area contributed by atoms with Gasteiger partial charge in [0.25, 0.3) is 0 Å². The summed E-state index contributed by atoms with van der Waals surface area (Å²) in [5, 5.41) is 2.52. The van der Waals surface area contributed by atoms with E-state index in [1.165, 1.54) is 18.4 Å². The number of carbonyl (C=O) groups excluding carboxylic acids is 1. The number of hydrogen-bond donors (Lipinski definition) is 2. The van der Waals surface area contributed by atoms with Crippen molar-refractivity contribution < 1.29 is 9.63 Å². The SMILES string of the molecule is CONC(=O)CCc1sc(N)nc1-c1cccs1. The van der Waals surface area contributed by atoms with Crippen LogP contribution in [0, 0.1) is 0 Å². The molecule has 18 heavy (non-hydrogen) atoms. The fourth-order valence-corrected chi connectivity index (χ4v) is 3.19. The average molecular weight is 283 g/mol. The minimum atomic E-state index is -0.151. The monoisotopic (exact) mass is 283 g/mol. The zero-order valence-electron chi connectivity index (χ0n) is 9.80. The molecule has 3 N–H and O–H groups in total. The molecule has 0 aliphatic rings. The number of hydroxylamine groups is 1. The molecule has 7 heteroatoms. The molecule has 1 amide bonds. The van der Waals surface area contributed by atoms with Crippen LogP contribution < -0.4 is 11.2 Å². The highest BCUT2D eigenvalue weighted by Crippen LogP contribution is 2.33. The number of nitrogens with zero attached hydrogens (tertiary/aromatic N) is 1. The number of nitrogens with two attached hydrogens (primary N) is 1. The number of hydrogen-bond acceptors (Lipinski definition) is 6. The van der Waals surface area contributed by atoms with Gasteiger partial charge in [0.1, 0.15) is 0 Å². The van der Waals surface area contributed by atoms with Crippen LogP contribution in [0.1, 0.15) is 11.3 Å². The van der Waals surface area contributed by atoms with E-state index in [1.807, 2.05) is 17.5 Å². The molecule has 2 heterocycles. The molecule has 0 bridgehead atoms. The van der Waals surface area contributed by atoms with Gasteiger partial charge in [0, 0.05) is 11.3 Å². The van der Waals surface area contributed by atoms with Crippen molar-refractivity contribution in [1.82, 2.24) is 10.5 Å². The lowest BCUT2D eigenvalue weighted by Gasteiger charge is -2.01. The van der Waals surface area contributed by atoms with Gasteiger partial charge in [0.2, 0.25) is 5.91 Å². The Morgan fingerprint density at radius 2 is 2.44 bits per heavy atom. The van der Waals surface area contributed by atoms with Crippen LogP contribution in [0.25, 0.3) is 10.6 Å². The first kappa shape index (κ1) is 13.0. The van der Waals surface area contributed by atoms with Gasteiger partial charge in [-0.2, -0.15) is 0 Å². The summed E-state index contributed by atoms with van der Waals surface area (Å²) >= 11 is 3.04. The summed E-state index contributed by atoms with van der Waals surface area (Å²) in [7, 11) is 1.42. The summed E-state index contributed by atoms with van der Waals surface area (Å²) in [6.45, 7) is 0. The topological polar surface area (TPSA) is 77.2 Å². The van der Waals surface area contributed by atoms with Gasteiger partial charge in [-0.15, -0.1) is 22.7 Å². The maximum Gasteiger partial charge on any atom is 0.243 e. The molecule has 0 unspecified atom stereocenters. The maximum absolute atomic E-state index is 11.3. The van der Waals surface area contributed by atoms with Gasteiger partial charge >= 0.3 is 0 Å². The third-order valence-corrected chi connectivity index (χ3v) is 4.08. The molecule has 2 rings (SSSR count). The Morgan fingerprint density at radius 3 is 3.11 bits per heavy atom. The smallest absolute Gasteiger partial charge is 0.243 e. The number of aromatic nitrogens is 1. The van der Waals surface area contributed by atoms with E-state index in [-0.39, 0.29) is 5.91 Å². The van der Waals surface area contributed by atoms with Crippen LogP contribution in [0.5, 0.6) is 0 Å². The van der Waals surface area contributed by atoms with Crippen molar-refractivity contribution in [2.75, 3.05) is 12.8 Å². The Kier molecular flexibility index (Phi) is 4.29. The Labute approximate surface area is 113 Å². The number of aryl methyl sites for hydroxylation is 1. The van der Waals surface area contributed by atoms with Crippen LogP contribution in [0.15, 0.2) is 17.5 Å². The standard InChI is InChI=1S/C11H13N3O2S2/c1-16-14-9(15)5-4-8-10(13-11(12)18-8)7-3-2-6-17-7/h2-3,6H,4-5H2,1H3,(H2,12,13)(H,14,15). The lowest BCUT2D eigenvalue weighted by Crippen LogP contribution is -2.21. The molecule has 0 atom stereocenters. The molecular weight excluding hydrogens is 270 g/mol. The number of nitrogens with one attached hydrogen (secondary N) is 1. The summed E-state index contributed by atoms with van der Waals surface area (Å²) in [5.41, 5.74) is 8.92. The van der Waals surface area contributed by atoms with Gasteiger partial charge in [-0.1, -0.05) is 6.07 Å². The summed E-state index contributed by atoms with van der Waals surface area (Å²) in [5.74, 6) is -0.151. The second kappa shape index (κ2) is 5.94. The molecule has 2 aromatic rings. The van der Waals surface area contributed by atoms with E-state index in [4.69, 9.17) is 5.73 Å². The number of anilines is 1. The third-order valence-electron chi connectivity index (χ3n) is 2.26. The van der Waals surface area contributed by atoms with Crippen LogP contribution in [0.3, 0.4) is 0 Å². The van der Waals surface area contributed by atoms with Crippen molar-refractivity contribution in [3.63, 3.8) is 0 Å². The number of thiazole rings is 1. The molecule has 0 aromatic carbocycles. The molecule has 96 valence electrons. The molecule has 0 spiro atoms. The highest BCUT2D eigenvalue weighted by atomic mass is 32.1. The number of thiophene rings is 1. The quantitative estimate of drug-likeness (QED) is 0.823. The van der Waals surface area contributed by atoms with E-state index in [0.717, 1.165) is 15.4 Å². The Bertz CT molecular complexity index is 522. The zero-order valence-corrected chi connectivity index (χ0v) is 11.4. The van der Waals surface area contributed by atoms with E-state index in [1.54, 1.807) is 11.3 Å². The molecule has 0 saturated heterocycles. The summed E-state index contributed by atoms with van der Waals surface area (Å²) < 4.78 is 0. The third kappa shape index (κ3) is 3.06. The fraction of sp³-hybridized carbons (Fsp3) is 0.273. The van der Waals surface area contributed by atoms with Gasteiger partial charge in [0.05, 0.1) is 17.7 Å². The minimum Gasteiger partial charge on any atom is -0.375 e. The van der Waals surface area contributed by atoms with Crippen LogP contribution >= 0.6 is 22.7 Å². The van der Waals surface area contributed by atoms with Gasteiger partial charge in [-0.25, -0.2) is 10.5 Å². The average Bonchev–Trinajstić information content (AvgIpc) is 2.95. The van der Waals surface area contributed by atoms with Gasteiger partial charge < -0.3 is 5.73 Å². The molecule has 0 aliphatic heterocycles. The first-order chi connectivity index (χ1) is 8.70.